The van der Waals surface area contributed by atoms with E-state index < -0.39 is 0 Å². The van der Waals surface area contributed by atoms with Crippen LogP contribution >= 0.6 is 11.3 Å². The molecular weight excluding hydrogens is 274 g/mol. The van der Waals surface area contributed by atoms with E-state index in [4.69, 9.17) is 5.73 Å². The van der Waals surface area contributed by atoms with E-state index in [1.54, 1.807) is 0 Å². The van der Waals surface area contributed by atoms with Crippen LogP contribution < -0.4 is 16.0 Å². The summed E-state index contributed by atoms with van der Waals surface area (Å²) in [7, 11) is 3.77. The second kappa shape index (κ2) is 6.41. The van der Waals surface area contributed by atoms with E-state index in [9.17, 15) is 4.79 Å². The van der Waals surface area contributed by atoms with Gasteiger partial charge in [0.05, 0.1) is 0 Å². The minimum Gasteiger partial charge on any atom is -0.382 e. The number of anilines is 2. The first-order valence-corrected chi connectivity index (χ1v) is 7.80. The Kier molecular flexibility index (Phi) is 4.82. The van der Waals surface area contributed by atoms with Crippen molar-refractivity contribution in [3.8, 4) is 0 Å². The monoisotopic (exact) mass is 297 g/mol. The summed E-state index contributed by atoms with van der Waals surface area (Å²) < 4.78 is 0. The maximum Gasteiger partial charge on any atom is 0.265 e. The molecule has 3 N–H and O–H groups in total. The molecule has 1 fully saturated rings. The summed E-state index contributed by atoms with van der Waals surface area (Å²) in [5.74, 6) is 0.186. The molecule has 0 saturated heterocycles. The molecule has 1 amide bonds. The highest BCUT2D eigenvalue weighted by Crippen LogP contribution is 2.27. The van der Waals surface area contributed by atoms with Gasteiger partial charge in [-0.1, -0.05) is 18.3 Å². The van der Waals surface area contributed by atoms with Crippen LogP contribution in [0.5, 0.6) is 0 Å². The van der Waals surface area contributed by atoms with E-state index >= 15 is 0 Å². The molecule has 0 bridgehead atoms. The number of amides is 1. The van der Waals surface area contributed by atoms with Gasteiger partial charge in [0.1, 0.15) is 10.7 Å². The number of nitrogens with one attached hydrogen (secondary N) is 1. The Hall–Kier alpha value is -1.34. The first-order valence-electron chi connectivity index (χ1n) is 6.98. The number of likely N-dealkylation sites (N-methyl/N-ethyl adjacent to an activating group) is 1. The topological polar surface area (TPSA) is 74.5 Å². The van der Waals surface area contributed by atoms with Gasteiger partial charge >= 0.3 is 0 Å². The maximum absolute atomic E-state index is 12.1. The molecule has 1 aromatic rings. The molecular formula is C13H23N5OS. The Morgan fingerprint density at radius 3 is 2.70 bits per heavy atom. The highest BCUT2D eigenvalue weighted by molar-refractivity contribution is 7.18. The zero-order chi connectivity index (χ0) is 14.7. The average molecular weight is 297 g/mol. The molecule has 0 radical (unpaired) electrons. The molecule has 1 aromatic heterocycles. The van der Waals surface area contributed by atoms with Crippen LogP contribution in [0.15, 0.2) is 0 Å². The number of hydrogen-bond donors (Lipinski definition) is 2. The molecule has 1 aliphatic carbocycles. The molecule has 6 nitrogen and oxygen atoms in total. The van der Waals surface area contributed by atoms with Gasteiger partial charge in [-0.05, 0) is 19.4 Å². The van der Waals surface area contributed by atoms with Gasteiger partial charge < -0.3 is 16.0 Å². The van der Waals surface area contributed by atoms with Crippen LogP contribution in [0.1, 0.15) is 29.4 Å². The molecule has 0 atom stereocenters. The van der Waals surface area contributed by atoms with Crippen LogP contribution in [0.2, 0.25) is 0 Å². The summed E-state index contributed by atoms with van der Waals surface area (Å²) in [5, 5.41) is 3.68. The van der Waals surface area contributed by atoms with Crippen molar-refractivity contribution in [3.63, 3.8) is 0 Å². The summed E-state index contributed by atoms with van der Waals surface area (Å²) in [5.41, 5.74) is 5.80. The Balaban J connectivity index is 1.85. The third-order valence-electron chi connectivity index (χ3n) is 3.38. The van der Waals surface area contributed by atoms with Crippen molar-refractivity contribution < 1.29 is 4.79 Å². The lowest BCUT2D eigenvalue weighted by atomic mass is 10.4. The predicted octanol–water partition coefficient (Wildman–Crippen LogP) is 1.01. The van der Waals surface area contributed by atoms with E-state index in [2.05, 4.69) is 22.1 Å². The largest absolute Gasteiger partial charge is 0.382 e. The van der Waals surface area contributed by atoms with Gasteiger partial charge in [-0.15, -0.1) is 0 Å². The molecule has 1 saturated carbocycles. The highest BCUT2D eigenvalue weighted by atomic mass is 32.1. The van der Waals surface area contributed by atoms with Crippen molar-refractivity contribution in [1.82, 2.24) is 15.2 Å². The molecule has 0 unspecified atom stereocenters. The minimum atomic E-state index is -0.125. The van der Waals surface area contributed by atoms with Gasteiger partial charge in [0.15, 0.2) is 5.13 Å². The first-order chi connectivity index (χ1) is 9.52. The molecule has 112 valence electrons. The van der Waals surface area contributed by atoms with Crippen LogP contribution in [0, 0.1) is 0 Å². The van der Waals surface area contributed by atoms with E-state index in [0.717, 1.165) is 24.3 Å². The summed E-state index contributed by atoms with van der Waals surface area (Å²) in [6, 6.07) is 0.728. The zero-order valence-electron chi connectivity index (χ0n) is 12.3. The number of hydrogen-bond acceptors (Lipinski definition) is 6. The average Bonchev–Trinajstić information content (AvgIpc) is 3.16. The fraction of sp³-hybridized carbons (Fsp3) is 0.692. The minimum absolute atomic E-state index is 0.125. The smallest absolute Gasteiger partial charge is 0.265 e. The standard InChI is InChI=1S/C13H23N5OS/c1-4-18(9-5-6-9)8-7-15-12(19)10-11(14)16-13(20-10)17(2)3/h9H,4-8,14H2,1-3H3,(H,15,19). The van der Waals surface area contributed by atoms with Crippen molar-refractivity contribution in [3.05, 3.63) is 4.88 Å². The maximum atomic E-state index is 12.1. The van der Waals surface area contributed by atoms with E-state index in [1.807, 2.05) is 19.0 Å². The molecule has 20 heavy (non-hydrogen) atoms. The van der Waals surface area contributed by atoms with Gasteiger partial charge in [0, 0.05) is 33.2 Å². The zero-order valence-corrected chi connectivity index (χ0v) is 13.2. The molecule has 2 rings (SSSR count). The highest BCUT2D eigenvalue weighted by Gasteiger charge is 2.27. The van der Waals surface area contributed by atoms with Crippen LogP contribution in [0.4, 0.5) is 10.9 Å². The lowest BCUT2D eigenvalue weighted by Gasteiger charge is -2.19. The van der Waals surface area contributed by atoms with Crippen molar-refractivity contribution in [1.29, 1.82) is 0 Å². The third-order valence-corrected chi connectivity index (χ3v) is 4.62. The van der Waals surface area contributed by atoms with E-state index in [-0.39, 0.29) is 5.91 Å². The van der Waals surface area contributed by atoms with Crippen molar-refractivity contribution in [2.45, 2.75) is 25.8 Å². The summed E-state index contributed by atoms with van der Waals surface area (Å²) in [6.45, 7) is 4.74. The Labute approximate surface area is 124 Å². The Morgan fingerprint density at radius 1 is 1.50 bits per heavy atom. The van der Waals surface area contributed by atoms with Crippen molar-refractivity contribution in [2.75, 3.05) is 44.4 Å². The van der Waals surface area contributed by atoms with Crippen LogP contribution in [-0.2, 0) is 0 Å². The molecule has 0 aliphatic heterocycles. The molecule has 0 spiro atoms. The Bertz CT molecular complexity index is 469. The SMILES string of the molecule is CCN(CCNC(=O)c1sc(N(C)C)nc1N)C1CC1. The van der Waals surface area contributed by atoms with Crippen LogP contribution in [0.25, 0.3) is 0 Å². The summed E-state index contributed by atoms with van der Waals surface area (Å²) >= 11 is 1.32. The van der Waals surface area contributed by atoms with E-state index in [0.29, 0.717) is 17.2 Å². The first kappa shape index (κ1) is 15.1. The number of carbonyl (C=O) groups excluding carboxylic acids is 1. The van der Waals surface area contributed by atoms with E-state index in [1.165, 1.54) is 24.2 Å². The number of nitrogen functional groups attached to an aromatic ring is 1. The van der Waals surface area contributed by atoms with Crippen molar-refractivity contribution in [2.24, 2.45) is 0 Å². The molecule has 1 heterocycles. The number of aromatic nitrogens is 1. The summed E-state index contributed by atoms with van der Waals surface area (Å²) in [6.07, 6.45) is 2.57. The molecule has 0 aromatic carbocycles. The second-order valence-electron chi connectivity index (χ2n) is 5.22. The number of rotatable bonds is 7. The Morgan fingerprint density at radius 2 is 2.20 bits per heavy atom. The van der Waals surface area contributed by atoms with Gasteiger partial charge in [-0.25, -0.2) is 4.98 Å². The fourth-order valence-electron chi connectivity index (χ4n) is 2.11. The second-order valence-corrected chi connectivity index (χ2v) is 6.20. The van der Waals surface area contributed by atoms with Gasteiger partial charge in [-0.2, -0.15) is 0 Å². The van der Waals surface area contributed by atoms with Crippen molar-refractivity contribution >= 4 is 28.2 Å². The van der Waals surface area contributed by atoms with Crippen LogP contribution in [-0.4, -0.2) is 55.6 Å². The summed E-state index contributed by atoms with van der Waals surface area (Å²) in [4.78, 5) is 21.0. The van der Waals surface area contributed by atoms with Crippen LogP contribution in [0.3, 0.4) is 0 Å². The normalized spacial score (nSPS) is 14.6. The lowest BCUT2D eigenvalue weighted by Crippen LogP contribution is -2.36. The predicted molar refractivity (Wildman–Crippen MR) is 83.5 cm³/mol. The molecule has 1 aliphatic rings. The number of nitrogens with zero attached hydrogens (tertiary/aromatic N) is 3. The quantitative estimate of drug-likeness (QED) is 0.785. The third kappa shape index (κ3) is 3.61. The number of thiazole rings is 1. The van der Waals surface area contributed by atoms with Gasteiger partial charge in [0.25, 0.3) is 5.91 Å². The fourth-order valence-corrected chi connectivity index (χ4v) is 2.93. The molecule has 7 heteroatoms. The van der Waals surface area contributed by atoms with Gasteiger partial charge in [0.2, 0.25) is 0 Å². The lowest BCUT2D eigenvalue weighted by molar-refractivity contribution is 0.0952. The van der Waals surface area contributed by atoms with Gasteiger partial charge in [-0.3, -0.25) is 9.69 Å². The number of carbonyl (C=O) groups is 1. The number of nitrogens with two attached hydrogens (primary N) is 1.